The third kappa shape index (κ3) is 4.09. The van der Waals surface area contributed by atoms with Gasteiger partial charge in [-0.1, -0.05) is 0 Å². The lowest BCUT2D eigenvalue weighted by molar-refractivity contribution is -0.158. The number of carbonyl (C=O) groups is 2. The molecule has 0 aromatic carbocycles. The molecule has 0 aromatic heterocycles. The lowest BCUT2D eigenvalue weighted by Gasteiger charge is -2.44. The molecule has 0 spiro atoms. The predicted molar refractivity (Wildman–Crippen MR) is 68.5 cm³/mol. The summed E-state index contributed by atoms with van der Waals surface area (Å²) >= 11 is 0. The molecule has 0 aliphatic heterocycles. The second kappa shape index (κ2) is 5.77. The Morgan fingerprint density at radius 1 is 1.37 bits per heavy atom. The van der Waals surface area contributed by atoms with E-state index in [1.807, 2.05) is 0 Å². The average molecular weight is 273 g/mol. The van der Waals surface area contributed by atoms with Crippen LogP contribution in [0.2, 0.25) is 0 Å². The maximum absolute atomic E-state index is 11.9. The molecule has 0 saturated heterocycles. The summed E-state index contributed by atoms with van der Waals surface area (Å²) in [5.41, 5.74) is -1.67. The molecule has 1 saturated carbocycles. The van der Waals surface area contributed by atoms with Gasteiger partial charge in [-0.25, -0.2) is 9.59 Å². The van der Waals surface area contributed by atoms with Crippen molar-refractivity contribution in [3.05, 3.63) is 0 Å². The molecule has 1 amide bonds. The number of nitrogens with one attached hydrogen (secondary N) is 1. The van der Waals surface area contributed by atoms with Crippen molar-refractivity contribution in [2.45, 2.75) is 51.7 Å². The summed E-state index contributed by atoms with van der Waals surface area (Å²) in [5, 5.41) is 11.6. The third-order valence-corrected chi connectivity index (χ3v) is 2.94. The molecule has 0 radical (unpaired) electrons. The Labute approximate surface area is 113 Å². The highest BCUT2D eigenvalue weighted by molar-refractivity contribution is 5.87. The van der Waals surface area contributed by atoms with Crippen LogP contribution in [0.3, 0.4) is 0 Å². The standard InChI is InChI=1S/C13H23NO5/c1-5-18-10(16)13(6-9(7-13)8-15)14-11(17)19-12(2,3)4/h9,15H,5-8H2,1-4H3,(H,14,17). The molecule has 0 atom stereocenters. The Hall–Kier alpha value is -1.30. The smallest absolute Gasteiger partial charge is 0.408 e. The zero-order chi connectivity index (χ0) is 14.7. The van der Waals surface area contributed by atoms with Crippen molar-refractivity contribution in [3.63, 3.8) is 0 Å². The van der Waals surface area contributed by atoms with Crippen LogP contribution in [0.5, 0.6) is 0 Å². The minimum atomic E-state index is -1.05. The number of rotatable bonds is 4. The van der Waals surface area contributed by atoms with E-state index in [2.05, 4.69) is 5.32 Å². The fraction of sp³-hybridized carbons (Fsp3) is 0.846. The van der Waals surface area contributed by atoms with Crippen LogP contribution in [-0.2, 0) is 14.3 Å². The molecule has 110 valence electrons. The Kier molecular flexibility index (Phi) is 4.79. The van der Waals surface area contributed by atoms with E-state index in [0.717, 1.165) is 0 Å². The number of aliphatic hydroxyl groups is 1. The minimum Gasteiger partial charge on any atom is -0.464 e. The Morgan fingerprint density at radius 3 is 2.37 bits per heavy atom. The number of hydrogen-bond donors (Lipinski definition) is 2. The van der Waals surface area contributed by atoms with E-state index < -0.39 is 23.2 Å². The second-order valence-electron chi connectivity index (χ2n) is 5.89. The van der Waals surface area contributed by atoms with Gasteiger partial charge >= 0.3 is 12.1 Å². The summed E-state index contributed by atoms with van der Waals surface area (Å²) in [6.45, 7) is 7.21. The van der Waals surface area contributed by atoms with Gasteiger partial charge in [0.25, 0.3) is 0 Å². The molecule has 6 heteroatoms. The minimum absolute atomic E-state index is 0.00282. The molecule has 6 nitrogen and oxygen atoms in total. The van der Waals surface area contributed by atoms with Crippen molar-refractivity contribution in [3.8, 4) is 0 Å². The monoisotopic (exact) mass is 273 g/mol. The van der Waals surface area contributed by atoms with Gasteiger partial charge in [0.2, 0.25) is 0 Å². The van der Waals surface area contributed by atoms with Gasteiger partial charge in [-0.2, -0.15) is 0 Å². The fourth-order valence-corrected chi connectivity index (χ4v) is 2.14. The van der Waals surface area contributed by atoms with Gasteiger partial charge in [-0.3, -0.25) is 0 Å². The topological polar surface area (TPSA) is 84.9 Å². The van der Waals surface area contributed by atoms with Gasteiger partial charge in [0.05, 0.1) is 6.61 Å². The van der Waals surface area contributed by atoms with E-state index in [4.69, 9.17) is 14.6 Å². The van der Waals surface area contributed by atoms with Gasteiger partial charge in [0, 0.05) is 6.61 Å². The van der Waals surface area contributed by atoms with Crippen LogP contribution in [0, 0.1) is 5.92 Å². The fourth-order valence-electron chi connectivity index (χ4n) is 2.14. The van der Waals surface area contributed by atoms with Crippen LogP contribution in [-0.4, -0.2) is 41.5 Å². The van der Waals surface area contributed by atoms with Gasteiger partial charge < -0.3 is 19.9 Å². The van der Waals surface area contributed by atoms with Crippen molar-refractivity contribution >= 4 is 12.1 Å². The lowest BCUT2D eigenvalue weighted by atomic mass is 9.68. The van der Waals surface area contributed by atoms with E-state index in [1.165, 1.54) is 0 Å². The molecule has 1 aliphatic carbocycles. The number of alkyl carbamates (subject to hydrolysis) is 1. The number of amides is 1. The highest BCUT2D eigenvalue weighted by Gasteiger charge is 2.52. The maximum atomic E-state index is 11.9. The van der Waals surface area contributed by atoms with Crippen molar-refractivity contribution in [2.24, 2.45) is 5.92 Å². The van der Waals surface area contributed by atoms with Crippen LogP contribution in [0.1, 0.15) is 40.5 Å². The van der Waals surface area contributed by atoms with Crippen LogP contribution in [0.15, 0.2) is 0 Å². The number of esters is 1. The normalized spacial score (nSPS) is 26.3. The zero-order valence-corrected chi connectivity index (χ0v) is 12.0. The van der Waals surface area contributed by atoms with Crippen molar-refractivity contribution < 1.29 is 24.2 Å². The van der Waals surface area contributed by atoms with Crippen molar-refractivity contribution in [1.29, 1.82) is 0 Å². The summed E-state index contributed by atoms with van der Waals surface area (Å²) in [7, 11) is 0. The first-order valence-electron chi connectivity index (χ1n) is 6.51. The highest BCUT2D eigenvalue weighted by atomic mass is 16.6. The molecule has 0 unspecified atom stereocenters. The van der Waals surface area contributed by atoms with E-state index in [9.17, 15) is 9.59 Å². The van der Waals surface area contributed by atoms with Gasteiger partial charge in [-0.05, 0) is 46.5 Å². The van der Waals surface area contributed by atoms with E-state index in [0.29, 0.717) is 12.8 Å². The molecular weight excluding hydrogens is 250 g/mol. The third-order valence-electron chi connectivity index (χ3n) is 2.94. The summed E-state index contributed by atoms with van der Waals surface area (Å²) in [6.07, 6.45) is 0.111. The molecule has 0 aromatic rings. The number of ether oxygens (including phenoxy) is 2. The summed E-state index contributed by atoms with van der Waals surface area (Å²) in [6, 6.07) is 0. The Bertz CT molecular complexity index is 341. The van der Waals surface area contributed by atoms with Crippen molar-refractivity contribution in [2.75, 3.05) is 13.2 Å². The first-order chi connectivity index (χ1) is 8.72. The summed E-state index contributed by atoms with van der Waals surface area (Å²) in [5.74, 6) is -0.454. The van der Waals surface area contributed by atoms with Gasteiger partial charge in [0.15, 0.2) is 0 Å². The van der Waals surface area contributed by atoms with Crippen molar-refractivity contribution in [1.82, 2.24) is 5.32 Å². The van der Waals surface area contributed by atoms with E-state index in [1.54, 1.807) is 27.7 Å². The number of carbonyl (C=O) groups excluding carboxylic acids is 2. The van der Waals surface area contributed by atoms with Crippen LogP contribution in [0.4, 0.5) is 4.79 Å². The molecule has 1 fully saturated rings. The van der Waals surface area contributed by atoms with Crippen LogP contribution < -0.4 is 5.32 Å². The average Bonchev–Trinajstić information content (AvgIpc) is 2.20. The Balaban J connectivity index is 2.67. The van der Waals surface area contributed by atoms with Gasteiger partial charge in [-0.15, -0.1) is 0 Å². The molecule has 19 heavy (non-hydrogen) atoms. The number of hydrogen-bond acceptors (Lipinski definition) is 5. The van der Waals surface area contributed by atoms with E-state index in [-0.39, 0.29) is 19.1 Å². The molecule has 2 N–H and O–H groups in total. The first kappa shape index (κ1) is 15.8. The molecule has 1 aliphatic rings. The van der Waals surface area contributed by atoms with E-state index >= 15 is 0 Å². The molecular formula is C13H23NO5. The van der Waals surface area contributed by atoms with Crippen LogP contribution in [0.25, 0.3) is 0 Å². The van der Waals surface area contributed by atoms with Crippen LogP contribution >= 0.6 is 0 Å². The summed E-state index contributed by atoms with van der Waals surface area (Å²) < 4.78 is 10.1. The number of aliphatic hydroxyl groups excluding tert-OH is 1. The molecule has 1 rings (SSSR count). The SMILES string of the molecule is CCOC(=O)C1(NC(=O)OC(C)(C)C)CC(CO)C1. The second-order valence-corrected chi connectivity index (χ2v) is 5.89. The Morgan fingerprint density at radius 2 is 1.95 bits per heavy atom. The van der Waals surface area contributed by atoms with Gasteiger partial charge in [0.1, 0.15) is 11.1 Å². The first-order valence-corrected chi connectivity index (χ1v) is 6.51. The molecule has 0 bridgehead atoms. The largest absolute Gasteiger partial charge is 0.464 e. The quantitative estimate of drug-likeness (QED) is 0.752. The lowest BCUT2D eigenvalue weighted by Crippen LogP contribution is -2.64. The summed E-state index contributed by atoms with van der Waals surface area (Å²) in [4.78, 5) is 23.7. The zero-order valence-electron chi connectivity index (χ0n) is 12.0. The predicted octanol–water partition coefficient (Wildman–Crippen LogP) is 1.22. The molecule has 0 heterocycles. The maximum Gasteiger partial charge on any atom is 0.408 e. The highest BCUT2D eigenvalue weighted by Crippen LogP contribution is 2.38.